The van der Waals surface area contributed by atoms with E-state index >= 15 is 0 Å². The molecule has 0 atom stereocenters. The van der Waals surface area contributed by atoms with Crippen LogP contribution in [-0.4, -0.2) is 20.1 Å². The van der Waals surface area contributed by atoms with E-state index in [0.29, 0.717) is 28.0 Å². The summed E-state index contributed by atoms with van der Waals surface area (Å²) in [6.07, 6.45) is 5.68. The van der Waals surface area contributed by atoms with Crippen LogP contribution in [-0.2, 0) is 10.0 Å². The first-order valence-corrected chi connectivity index (χ1v) is 7.79. The van der Waals surface area contributed by atoms with Crippen molar-refractivity contribution in [1.82, 2.24) is 0 Å². The molecular weight excluding hydrogens is 326 g/mol. The van der Waals surface area contributed by atoms with Crippen LogP contribution in [0.5, 0.6) is 0 Å². The van der Waals surface area contributed by atoms with E-state index in [1.165, 1.54) is 0 Å². The number of alkyl halides is 1. The maximum atomic E-state index is 11.6. The normalized spacial score (nSPS) is 10.9. The van der Waals surface area contributed by atoms with Crippen molar-refractivity contribution in [1.29, 1.82) is 0 Å². The van der Waals surface area contributed by atoms with E-state index in [1.54, 1.807) is 18.2 Å². The fraction of sp³-hybridized carbons (Fsp3) is 0.273. The number of terminal acetylenes is 1. The average molecular weight is 337 g/mol. The second-order valence-corrected chi connectivity index (χ2v) is 6.38. The molecule has 0 heterocycles. The lowest BCUT2D eigenvalue weighted by atomic mass is 10.2. The Hall–Kier alpha value is -0.700. The summed E-state index contributed by atoms with van der Waals surface area (Å²) in [6.45, 7) is 0. The second-order valence-electron chi connectivity index (χ2n) is 3.30. The van der Waals surface area contributed by atoms with Crippen molar-refractivity contribution in [2.75, 3.05) is 16.4 Å². The number of benzene rings is 1. The molecule has 1 aromatic carbocycles. The molecule has 6 heteroatoms. The smallest absolute Gasteiger partial charge is 0.232 e. The minimum Gasteiger partial charge on any atom is -0.284 e. The highest BCUT2D eigenvalue weighted by Gasteiger charge is 2.10. The molecule has 0 saturated heterocycles. The summed E-state index contributed by atoms with van der Waals surface area (Å²) in [4.78, 5) is 0. The minimum absolute atomic E-state index is 0.00497. The Kier molecular flexibility index (Phi) is 5.31. The molecule has 0 amide bonds. The van der Waals surface area contributed by atoms with Crippen molar-refractivity contribution in [3.63, 3.8) is 0 Å². The van der Waals surface area contributed by atoms with Gasteiger partial charge >= 0.3 is 0 Å². The number of nitrogens with one attached hydrogen (secondary N) is 1. The topological polar surface area (TPSA) is 46.2 Å². The third kappa shape index (κ3) is 4.58. The number of hydrogen-bond acceptors (Lipinski definition) is 2. The van der Waals surface area contributed by atoms with E-state index in [1.807, 2.05) is 0 Å². The zero-order chi connectivity index (χ0) is 12.9. The summed E-state index contributed by atoms with van der Waals surface area (Å²) < 4.78 is 26.3. The average Bonchev–Trinajstić information content (AvgIpc) is 2.26. The van der Waals surface area contributed by atoms with E-state index in [2.05, 4.69) is 26.6 Å². The highest BCUT2D eigenvalue weighted by molar-refractivity contribution is 9.10. The Morgan fingerprint density at radius 1 is 1.47 bits per heavy atom. The van der Waals surface area contributed by atoms with E-state index in [4.69, 9.17) is 18.0 Å². The van der Waals surface area contributed by atoms with Gasteiger partial charge in [0.05, 0.1) is 5.75 Å². The Labute approximate surface area is 115 Å². The van der Waals surface area contributed by atoms with Crippen LogP contribution in [0.15, 0.2) is 22.7 Å². The Bertz CT molecular complexity index is 537. The van der Waals surface area contributed by atoms with Crippen LogP contribution in [0.25, 0.3) is 0 Å². The molecule has 0 saturated carbocycles. The molecule has 0 unspecified atom stereocenters. The van der Waals surface area contributed by atoms with Crippen molar-refractivity contribution in [3.8, 4) is 12.3 Å². The lowest BCUT2D eigenvalue weighted by Crippen LogP contribution is -2.17. The van der Waals surface area contributed by atoms with E-state index in [9.17, 15) is 8.42 Å². The van der Waals surface area contributed by atoms with Gasteiger partial charge in [-0.3, -0.25) is 4.72 Å². The lowest BCUT2D eigenvalue weighted by Gasteiger charge is -2.08. The van der Waals surface area contributed by atoms with Gasteiger partial charge in [-0.1, -0.05) is 5.92 Å². The minimum atomic E-state index is -3.34. The van der Waals surface area contributed by atoms with Crippen LogP contribution in [0, 0.1) is 12.3 Å². The summed E-state index contributed by atoms with van der Waals surface area (Å²) in [5.74, 6) is 2.80. The molecule has 1 aromatic rings. The first-order valence-electron chi connectivity index (χ1n) is 4.81. The molecule has 0 aliphatic carbocycles. The standard InChI is InChI=1S/C11H11BrClNO2S/c1-2-9-4-5-10(8-11(9)12)14-17(15,16)7-3-6-13/h1,4-5,8,14H,3,6-7H2. The third-order valence-electron chi connectivity index (χ3n) is 1.94. The second kappa shape index (κ2) is 6.29. The van der Waals surface area contributed by atoms with Gasteiger partial charge in [0.25, 0.3) is 0 Å². The Morgan fingerprint density at radius 3 is 2.71 bits per heavy atom. The zero-order valence-electron chi connectivity index (χ0n) is 8.91. The van der Waals surface area contributed by atoms with Crippen LogP contribution < -0.4 is 4.72 Å². The Morgan fingerprint density at radius 2 is 2.18 bits per heavy atom. The monoisotopic (exact) mass is 335 g/mol. The third-order valence-corrected chi connectivity index (χ3v) is 4.24. The zero-order valence-corrected chi connectivity index (χ0v) is 12.1. The van der Waals surface area contributed by atoms with Gasteiger partial charge < -0.3 is 0 Å². The summed E-state index contributed by atoms with van der Waals surface area (Å²) >= 11 is 8.72. The molecule has 17 heavy (non-hydrogen) atoms. The number of halogens is 2. The summed E-state index contributed by atoms with van der Waals surface area (Å²) in [5, 5.41) is 0. The van der Waals surface area contributed by atoms with Gasteiger partial charge in [-0.15, -0.1) is 18.0 Å². The van der Waals surface area contributed by atoms with Gasteiger partial charge in [-0.05, 0) is 40.5 Å². The van der Waals surface area contributed by atoms with Crippen molar-refractivity contribution in [2.24, 2.45) is 0 Å². The number of anilines is 1. The lowest BCUT2D eigenvalue weighted by molar-refractivity contribution is 0.600. The molecule has 0 aliphatic heterocycles. The fourth-order valence-corrected chi connectivity index (χ4v) is 3.07. The molecule has 0 aliphatic rings. The van der Waals surface area contributed by atoms with Crippen LogP contribution in [0.1, 0.15) is 12.0 Å². The molecule has 0 bridgehead atoms. The van der Waals surface area contributed by atoms with Crippen molar-refractivity contribution in [3.05, 3.63) is 28.2 Å². The Balaban J connectivity index is 2.83. The molecule has 92 valence electrons. The molecule has 1 rings (SSSR count). The highest BCUT2D eigenvalue weighted by atomic mass is 79.9. The maximum Gasteiger partial charge on any atom is 0.232 e. The first-order chi connectivity index (χ1) is 7.98. The van der Waals surface area contributed by atoms with Gasteiger partial charge in [-0.2, -0.15) is 0 Å². The molecule has 0 radical (unpaired) electrons. The number of rotatable bonds is 5. The van der Waals surface area contributed by atoms with E-state index < -0.39 is 10.0 Å². The molecule has 3 nitrogen and oxygen atoms in total. The van der Waals surface area contributed by atoms with Gasteiger partial charge in [-0.25, -0.2) is 8.42 Å². The predicted octanol–water partition coefficient (Wildman–Crippen LogP) is 2.80. The fourth-order valence-electron chi connectivity index (χ4n) is 1.17. The summed E-state index contributed by atoms with van der Waals surface area (Å²) in [7, 11) is -3.34. The van der Waals surface area contributed by atoms with Crippen LogP contribution >= 0.6 is 27.5 Å². The highest BCUT2D eigenvalue weighted by Crippen LogP contribution is 2.21. The van der Waals surface area contributed by atoms with Gasteiger partial charge in [0.1, 0.15) is 0 Å². The maximum absolute atomic E-state index is 11.6. The van der Waals surface area contributed by atoms with Crippen molar-refractivity contribution in [2.45, 2.75) is 6.42 Å². The quantitative estimate of drug-likeness (QED) is 0.664. The number of hydrogen-bond donors (Lipinski definition) is 1. The van der Waals surface area contributed by atoms with Gasteiger partial charge in [0.2, 0.25) is 10.0 Å². The first kappa shape index (κ1) is 14.4. The largest absolute Gasteiger partial charge is 0.284 e. The van der Waals surface area contributed by atoms with Gasteiger partial charge in [0.15, 0.2) is 0 Å². The molecule has 0 spiro atoms. The molecule has 0 fully saturated rings. The number of sulfonamides is 1. The van der Waals surface area contributed by atoms with Crippen molar-refractivity contribution < 1.29 is 8.42 Å². The predicted molar refractivity (Wildman–Crippen MR) is 74.8 cm³/mol. The summed E-state index contributed by atoms with van der Waals surface area (Å²) in [6, 6.07) is 4.93. The van der Waals surface area contributed by atoms with Gasteiger partial charge in [0, 0.05) is 21.6 Å². The van der Waals surface area contributed by atoms with Crippen LogP contribution in [0.3, 0.4) is 0 Å². The molecule has 0 aromatic heterocycles. The SMILES string of the molecule is C#Cc1ccc(NS(=O)(=O)CCCCl)cc1Br. The van der Waals surface area contributed by atoms with E-state index in [0.717, 1.165) is 0 Å². The summed E-state index contributed by atoms with van der Waals surface area (Å²) in [5.41, 5.74) is 1.15. The molecular formula is C11H11BrClNO2S. The molecule has 1 N–H and O–H groups in total. The van der Waals surface area contributed by atoms with Crippen LogP contribution in [0.4, 0.5) is 5.69 Å². The van der Waals surface area contributed by atoms with Crippen LogP contribution in [0.2, 0.25) is 0 Å². The van der Waals surface area contributed by atoms with Crippen molar-refractivity contribution >= 4 is 43.2 Å². The van der Waals surface area contributed by atoms with E-state index in [-0.39, 0.29) is 5.75 Å².